The number of amides is 2. The largest absolute Gasteiger partial charge is 0.453 e. The number of methoxy groups -OCH3 is 1. The molecular weight excluding hydrogens is 296 g/mol. The Kier molecular flexibility index (Phi) is 5.94. The van der Waals surface area contributed by atoms with Crippen LogP contribution in [-0.2, 0) is 11.3 Å². The van der Waals surface area contributed by atoms with Crippen LogP contribution in [0.15, 0.2) is 40.8 Å². The van der Waals surface area contributed by atoms with Gasteiger partial charge in [-0.25, -0.2) is 0 Å². The van der Waals surface area contributed by atoms with Gasteiger partial charge in [0.1, 0.15) is 12.4 Å². The van der Waals surface area contributed by atoms with Gasteiger partial charge in [-0.2, -0.15) is 0 Å². The summed E-state index contributed by atoms with van der Waals surface area (Å²) in [5.41, 5.74) is 1.03. The number of carbonyl (C=O) groups is 2. The van der Waals surface area contributed by atoms with Crippen LogP contribution in [0.1, 0.15) is 40.0 Å². The van der Waals surface area contributed by atoms with Gasteiger partial charge in [0.2, 0.25) is 0 Å². The lowest BCUT2D eigenvalue weighted by Gasteiger charge is -2.07. The van der Waals surface area contributed by atoms with E-state index in [4.69, 9.17) is 9.15 Å². The maximum atomic E-state index is 12.1. The zero-order valence-electron chi connectivity index (χ0n) is 13.2. The van der Waals surface area contributed by atoms with E-state index in [1.807, 2.05) is 6.92 Å². The van der Waals surface area contributed by atoms with Crippen LogP contribution >= 0.6 is 0 Å². The van der Waals surface area contributed by atoms with Crippen molar-refractivity contribution >= 4 is 17.5 Å². The summed E-state index contributed by atoms with van der Waals surface area (Å²) in [5.74, 6) is 0.227. The second-order valence-corrected chi connectivity index (χ2v) is 4.99. The van der Waals surface area contributed by atoms with Crippen LogP contribution in [0.25, 0.3) is 0 Å². The average molecular weight is 316 g/mol. The zero-order chi connectivity index (χ0) is 16.7. The Labute approximate surface area is 134 Å². The summed E-state index contributed by atoms with van der Waals surface area (Å²) in [5, 5.41) is 5.51. The first-order chi connectivity index (χ1) is 11.1. The molecule has 6 heteroatoms. The zero-order valence-corrected chi connectivity index (χ0v) is 13.2. The summed E-state index contributed by atoms with van der Waals surface area (Å²) < 4.78 is 10.3. The number of benzene rings is 1. The number of rotatable bonds is 7. The van der Waals surface area contributed by atoms with Gasteiger partial charge in [0.05, 0.1) is 0 Å². The Bertz CT molecular complexity index is 679. The third-order valence-electron chi connectivity index (χ3n) is 3.09. The molecule has 122 valence electrons. The lowest BCUT2D eigenvalue weighted by Crippen LogP contribution is -2.24. The van der Waals surface area contributed by atoms with Gasteiger partial charge in [0.25, 0.3) is 11.8 Å². The molecule has 0 radical (unpaired) electrons. The molecule has 0 aliphatic heterocycles. The summed E-state index contributed by atoms with van der Waals surface area (Å²) >= 11 is 0. The molecule has 2 N–H and O–H groups in total. The smallest absolute Gasteiger partial charge is 0.291 e. The van der Waals surface area contributed by atoms with Crippen LogP contribution in [0.4, 0.5) is 5.69 Å². The quantitative estimate of drug-likeness (QED) is 0.823. The van der Waals surface area contributed by atoms with Gasteiger partial charge in [-0.3, -0.25) is 9.59 Å². The molecule has 2 amide bonds. The molecule has 0 unspecified atom stereocenters. The molecule has 2 aromatic rings. The third-order valence-corrected chi connectivity index (χ3v) is 3.09. The summed E-state index contributed by atoms with van der Waals surface area (Å²) in [6, 6.07) is 10.0. The van der Waals surface area contributed by atoms with Gasteiger partial charge in [-0.15, -0.1) is 0 Å². The molecule has 0 saturated carbocycles. The van der Waals surface area contributed by atoms with E-state index >= 15 is 0 Å². The van der Waals surface area contributed by atoms with E-state index in [9.17, 15) is 9.59 Å². The van der Waals surface area contributed by atoms with Gasteiger partial charge in [0.15, 0.2) is 5.76 Å². The van der Waals surface area contributed by atoms with Crippen LogP contribution < -0.4 is 10.6 Å². The second-order valence-electron chi connectivity index (χ2n) is 4.99. The highest BCUT2D eigenvalue weighted by atomic mass is 16.5. The molecule has 1 aromatic carbocycles. The fraction of sp³-hybridized carbons (Fsp3) is 0.294. The minimum Gasteiger partial charge on any atom is -0.453 e. The summed E-state index contributed by atoms with van der Waals surface area (Å²) in [4.78, 5) is 24.1. The number of furan rings is 1. The van der Waals surface area contributed by atoms with Crippen LogP contribution in [0.3, 0.4) is 0 Å². The average Bonchev–Trinajstić information content (AvgIpc) is 3.02. The molecule has 0 bridgehead atoms. The molecule has 0 aliphatic carbocycles. The van der Waals surface area contributed by atoms with Gasteiger partial charge >= 0.3 is 0 Å². The van der Waals surface area contributed by atoms with E-state index in [-0.39, 0.29) is 17.6 Å². The Morgan fingerprint density at radius 2 is 2.00 bits per heavy atom. The van der Waals surface area contributed by atoms with Crippen molar-refractivity contribution in [3.05, 3.63) is 53.5 Å². The second kappa shape index (κ2) is 8.14. The molecule has 0 atom stereocenters. The number of hydrogen-bond acceptors (Lipinski definition) is 4. The molecular formula is C17H20N2O4. The molecule has 1 aromatic heterocycles. The van der Waals surface area contributed by atoms with Crippen LogP contribution in [0.2, 0.25) is 0 Å². The highest BCUT2D eigenvalue weighted by molar-refractivity contribution is 6.03. The van der Waals surface area contributed by atoms with Crippen molar-refractivity contribution in [3.63, 3.8) is 0 Å². The lowest BCUT2D eigenvalue weighted by atomic mass is 10.2. The molecule has 1 heterocycles. The Hall–Kier alpha value is -2.60. The van der Waals surface area contributed by atoms with Crippen molar-refractivity contribution in [1.29, 1.82) is 0 Å². The molecule has 0 saturated heterocycles. The van der Waals surface area contributed by atoms with Crippen LogP contribution in [0.5, 0.6) is 0 Å². The van der Waals surface area contributed by atoms with E-state index in [1.54, 1.807) is 43.5 Å². The number of nitrogens with one attached hydrogen (secondary N) is 2. The molecule has 23 heavy (non-hydrogen) atoms. The third kappa shape index (κ3) is 4.69. The number of ether oxygens (including phenoxy) is 1. The summed E-state index contributed by atoms with van der Waals surface area (Å²) in [7, 11) is 1.55. The standard InChI is InChI=1S/C17H20N2O4/c1-3-9-18-16(20)12-5-4-6-13(10-12)19-17(21)15-8-7-14(23-15)11-22-2/h4-8,10H,3,9,11H2,1-2H3,(H,18,20)(H,19,21). The first-order valence-electron chi connectivity index (χ1n) is 7.41. The van der Waals surface area contributed by atoms with Crippen molar-refractivity contribution in [1.82, 2.24) is 5.32 Å². The predicted molar refractivity (Wildman–Crippen MR) is 86.4 cm³/mol. The molecule has 0 spiro atoms. The van der Waals surface area contributed by atoms with E-state index in [2.05, 4.69) is 10.6 Å². The predicted octanol–water partition coefficient (Wildman–Crippen LogP) is 2.82. The van der Waals surface area contributed by atoms with Crippen molar-refractivity contribution in [3.8, 4) is 0 Å². The highest BCUT2D eigenvalue weighted by Crippen LogP contribution is 2.14. The van der Waals surface area contributed by atoms with E-state index in [0.29, 0.717) is 30.2 Å². The number of anilines is 1. The fourth-order valence-corrected chi connectivity index (χ4v) is 1.99. The lowest BCUT2D eigenvalue weighted by molar-refractivity contribution is 0.0951. The maximum Gasteiger partial charge on any atom is 0.291 e. The molecule has 2 rings (SSSR count). The first-order valence-corrected chi connectivity index (χ1v) is 7.41. The first kappa shape index (κ1) is 16.8. The van der Waals surface area contributed by atoms with Gasteiger partial charge < -0.3 is 19.8 Å². The molecule has 0 fully saturated rings. The van der Waals surface area contributed by atoms with Gasteiger partial charge in [-0.1, -0.05) is 13.0 Å². The van der Waals surface area contributed by atoms with Crippen molar-refractivity contribution in [2.75, 3.05) is 19.0 Å². The summed E-state index contributed by atoms with van der Waals surface area (Å²) in [6.45, 7) is 2.91. The molecule has 0 aliphatic rings. The SMILES string of the molecule is CCCNC(=O)c1cccc(NC(=O)c2ccc(COC)o2)c1. The fourth-order valence-electron chi connectivity index (χ4n) is 1.99. The highest BCUT2D eigenvalue weighted by Gasteiger charge is 2.12. The van der Waals surface area contributed by atoms with Crippen molar-refractivity contribution in [2.24, 2.45) is 0 Å². The summed E-state index contributed by atoms with van der Waals surface area (Å²) in [6.07, 6.45) is 0.866. The Morgan fingerprint density at radius 3 is 2.74 bits per heavy atom. The molecule has 6 nitrogen and oxygen atoms in total. The van der Waals surface area contributed by atoms with Crippen LogP contribution in [-0.4, -0.2) is 25.5 Å². The topological polar surface area (TPSA) is 80.6 Å². The monoisotopic (exact) mass is 316 g/mol. The minimum atomic E-state index is -0.376. The van der Waals surface area contributed by atoms with E-state index in [1.165, 1.54) is 0 Å². The van der Waals surface area contributed by atoms with E-state index in [0.717, 1.165) is 6.42 Å². The Morgan fingerprint density at radius 1 is 1.17 bits per heavy atom. The maximum absolute atomic E-state index is 12.1. The Balaban J connectivity index is 2.04. The normalized spacial score (nSPS) is 10.3. The van der Waals surface area contributed by atoms with E-state index < -0.39 is 0 Å². The van der Waals surface area contributed by atoms with Crippen molar-refractivity contribution in [2.45, 2.75) is 20.0 Å². The minimum absolute atomic E-state index is 0.164. The number of hydrogen-bond donors (Lipinski definition) is 2. The van der Waals surface area contributed by atoms with Gasteiger partial charge in [-0.05, 0) is 36.8 Å². The number of carbonyl (C=O) groups excluding carboxylic acids is 2. The van der Waals surface area contributed by atoms with Crippen LogP contribution in [0, 0.1) is 0 Å². The van der Waals surface area contributed by atoms with Gasteiger partial charge in [0, 0.05) is 24.9 Å². The van der Waals surface area contributed by atoms with Crippen molar-refractivity contribution < 1.29 is 18.7 Å².